The van der Waals surface area contributed by atoms with Crippen LogP contribution in [0.4, 0.5) is 5.82 Å². The minimum absolute atomic E-state index is 0.0111. The first-order valence-electron chi connectivity index (χ1n) is 5.10. The molecule has 6 nitrogen and oxygen atoms in total. The number of nitrogen functional groups attached to an aromatic ring is 1. The second-order valence-electron chi connectivity index (χ2n) is 3.29. The standard InChI is InChI=1S/C10H16N4O2/c1-2-3-4-5-6-16-9-7-8(11)14(15)10(12)13-9/h5-7,12,15H,2-4,11H2,1H3. The number of hydrogen-bond donors (Lipinski definition) is 3. The number of nitrogens with two attached hydrogens (primary N) is 1. The van der Waals surface area contributed by atoms with Gasteiger partial charge in [0.1, 0.15) is 5.82 Å². The molecule has 4 N–H and O–H groups in total. The number of aromatic nitrogens is 2. The maximum Gasteiger partial charge on any atom is 0.260 e. The Kier molecular flexibility index (Phi) is 4.38. The second kappa shape index (κ2) is 5.79. The molecule has 0 radical (unpaired) electrons. The molecular formula is C10H16N4O2. The van der Waals surface area contributed by atoms with Crippen LogP contribution in [-0.2, 0) is 0 Å². The van der Waals surface area contributed by atoms with Crippen molar-refractivity contribution in [3.05, 3.63) is 24.0 Å². The molecule has 0 aliphatic heterocycles. The van der Waals surface area contributed by atoms with Crippen molar-refractivity contribution < 1.29 is 9.94 Å². The molecule has 0 bridgehead atoms. The molecule has 0 unspecified atom stereocenters. The van der Waals surface area contributed by atoms with E-state index in [0.29, 0.717) is 4.73 Å². The van der Waals surface area contributed by atoms with Crippen molar-refractivity contribution in [2.45, 2.75) is 26.2 Å². The topological polar surface area (TPSA) is 97.1 Å². The average molecular weight is 224 g/mol. The van der Waals surface area contributed by atoms with E-state index in [0.717, 1.165) is 19.3 Å². The molecule has 0 saturated carbocycles. The van der Waals surface area contributed by atoms with Crippen molar-refractivity contribution >= 4 is 5.82 Å². The van der Waals surface area contributed by atoms with Crippen molar-refractivity contribution in [1.82, 2.24) is 9.71 Å². The van der Waals surface area contributed by atoms with Crippen molar-refractivity contribution in [2.24, 2.45) is 0 Å². The number of unbranched alkanes of at least 4 members (excludes halogenated alkanes) is 2. The molecule has 88 valence electrons. The van der Waals surface area contributed by atoms with Gasteiger partial charge in [-0.2, -0.15) is 4.98 Å². The highest BCUT2D eigenvalue weighted by Crippen LogP contribution is 2.07. The molecular weight excluding hydrogens is 208 g/mol. The summed E-state index contributed by atoms with van der Waals surface area (Å²) in [6, 6.07) is 1.35. The highest BCUT2D eigenvalue weighted by atomic mass is 16.5. The summed E-state index contributed by atoms with van der Waals surface area (Å²) in [6.45, 7) is 2.11. The zero-order valence-electron chi connectivity index (χ0n) is 9.18. The van der Waals surface area contributed by atoms with Gasteiger partial charge in [0.15, 0.2) is 0 Å². The zero-order chi connectivity index (χ0) is 12.0. The Morgan fingerprint density at radius 2 is 2.44 bits per heavy atom. The van der Waals surface area contributed by atoms with E-state index in [1.54, 1.807) is 0 Å². The summed E-state index contributed by atoms with van der Waals surface area (Å²) in [6.07, 6.45) is 6.56. The molecule has 1 aromatic rings. The van der Waals surface area contributed by atoms with Gasteiger partial charge in [0.2, 0.25) is 5.88 Å². The van der Waals surface area contributed by atoms with E-state index in [1.807, 2.05) is 6.08 Å². The predicted octanol–water partition coefficient (Wildman–Crippen LogP) is 1.26. The van der Waals surface area contributed by atoms with Crippen LogP contribution in [0.15, 0.2) is 18.4 Å². The lowest BCUT2D eigenvalue weighted by atomic mass is 10.2. The number of rotatable bonds is 5. The molecule has 0 aliphatic carbocycles. The van der Waals surface area contributed by atoms with Crippen LogP contribution in [0.5, 0.6) is 5.88 Å². The SMILES string of the molecule is CCCCC=COc1cc(N)n(O)c(=N)n1. The van der Waals surface area contributed by atoms with Crippen molar-refractivity contribution in [3.63, 3.8) is 0 Å². The Balaban J connectivity index is 2.61. The van der Waals surface area contributed by atoms with Crippen LogP contribution < -0.4 is 16.1 Å². The first kappa shape index (κ1) is 12.1. The lowest BCUT2D eigenvalue weighted by molar-refractivity contribution is 0.170. The van der Waals surface area contributed by atoms with Gasteiger partial charge >= 0.3 is 0 Å². The Morgan fingerprint density at radius 3 is 3.06 bits per heavy atom. The smallest absolute Gasteiger partial charge is 0.260 e. The molecule has 0 amide bonds. The predicted molar refractivity (Wildman–Crippen MR) is 59.0 cm³/mol. The van der Waals surface area contributed by atoms with Gasteiger partial charge in [-0.05, 0) is 18.9 Å². The summed E-state index contributed by atoms with van der Waals surface area (Å²) in [5.41, 5.74) is 5.06. The highest BCUT2D eigenvalue weighted by Gasteiger charge is 2.01. The highest BCUT2D eigenvalue weighted by molar-refractivity contribution is 5.31. The van der Waals surface area contributed by atoms with Crippen molar-refractivity contribution in [2.75, 3.05) is 5.73 Å². The van der Waals surface area contributed by atoms with E-state index < -0.39 is 0 Å². The second-order valence-corrected chi connectivity index (χ2v) is 3.29. The number of ether oxygens (including phenoxy) is 1. The fraction of sp³-hybridized carbons (Fsp3) is 0.400. The van der Waals surface area contributed by atoms with Crippen LogP contribution >= 0.6 is 0 Å². The lowest BCUT2D eigenvalue weighted by Gasteiger charge is -2.03. The molecule has 1 heterocycles. The molecule has 0 saturated heterocycles. The summed E-state index contributed by atoms with van der Waals surface area (Å²) < 4.78 is 5.63. The number of allylic oxidation sites excluding steroid dienone is 1. The fourth-order valence-corrected chi connectivity index (χ4v) is 1.06. The number of nitrogens with zero attached hydrogens (tertiary/aromatic N) is 2. The molecule has 0 fully saturated rings. The molecule has 0 aliphatic rings. The van der Waals surface area contributed by atoms with Crippen LogP contribution in [0.1, 0.15) is 26.2 Å². The van der Waals surface area contributed by atoms with E-state index in [9.17, 15) is 0 Å². The van der Waals surface area contributed by atoms with Gasteiger partial charge in [-0.1, -0.05) is 13.3 Å². The molecule has 0 aromatic carbocycles. The first-order valence-corrected chi connectivity index (χ1v) is 5.10. The quantitative estimate of drug-likeness (QED) is 0.398. The molecule has 1 aromatic heterocycles. The van der Waals surface area contributed by atoms with Gasteiger partial charge in [0.25, 0.3) is 5.62 Å². The summed E-state index contributed by atoms with van der Waals surface area (Å²) in [4.78, 5) is 3.68. The number of anilines is 1. The van der Waals surface area contributed by atoms with Crippen LogP contribution in [0.25, 0.3) is 0 Å². The summed E-state index contributed by atoms with van der Waals surface area (Å²) >= 11 is 0. The first-order chi connectivity index (χ1) is 7.65. The van der Waals surface area contributed by atoms with Gasteiger partial charge in [-0.15, -0.1) is 4.73 Å². The van der Waals surface area contributed by atoms with Crippen LogP contribution in [-0.4, -0.2) is 14.9 Å². The van der Waals surface area contributed by atoms with E-state index in [4.69, 9.17) is 21.1 Å². The number of nitrogens with one attached hydrogen (secondary N) is 1. The molecule has 16 heavy (non-hydrogen) atoms. The minimum Gasteiger partial charge on any atom is -0.447 e. The maximum atomic E-state index is 9.14. The summed E-state index contributed by atoms with van der Waals surface area (Å²) in [7, 11) is 0. The molecule has 0 spiro atoms. The van der Waals surface area contributed by atoms with Gasteiger partial charge in [-0.25, -0.2) is 0 Å². The Morgan fingerprint density at radius 1 is 1.69 bits per heavy atom. The number of hydrogen-bond acceptors (Lipinski definition) is 5. The normalized spacial score (nSPS) is 10.8. The third-order valence-electron chi connectivity index (χ3n) is 1.94. The Bertz CT molecular complexity index is 425. The zero-order valence-corrected chi connectivity index (χ0v) is 9.18. The Labute approximate surface area is 93.5 Å². The maximum absolute atomic E-state index is 9.14. The monoisotopic (exact) mass is 224 g/mol. The third-order valence-corrected chi connectivity index (χ3v) is 1.94. The van der Waals surface area contributed by atoms with Crippen LogP contribution in [0, 0.1) is 5.41 Å². The molecule has 6 heteroatoms. The Hall–Kier alpha value is -1.98. The van der Waals surface area contributed by atoms with Crippen LogP contribution in [0.2, 0.25) is 0 Å². The van der Waals surface area contributed by atoms with Gasteiger partial charge in [0, 0.05) is 6.07 Å². The van der Waals surface area contributed by atoms with E-state index in [-0.39, 0.29) is 17.3 Å². The molecule has 1 rings (SSSR count). The summed E-state index contributed by atoms with van der Waals surface area (Å²) in [5.74, 6) is 0.206. The van der Waals surface area contributed by atoms with Gasteiger partial charge < -0.3 is 15.7 Å². The van der Waals surface area contributed by atoms with Crippen molar-refractivity contribution in [1.29, 1.82) is 5.41 Å². The molecule has 0 atom stereocenters. The van der Waals surface area contributed by atoms with E-state index in [1.165, 1.54) is 12.3 Å². The lowest BCUT2D eigenvalue weighted by Crippen LogP contribution is -2.23. The van der Waals surface area contributed by atoms with Gasteiger partial charge in [-0.3, -0.25) is 5.41 Å². The van der Waals surface area contributed by atoms with E-state index >= 15 is 0 Å². The van der Waals surface area contributed by atoms with Crippen LogP contribution in [0.3, 0.4) is 0 Å². The van der Waals surface area contributed by atoms with Gasteiger partial charge in [0.05, 0.1) is 6.26 Å². The largest absolute Gasteiger partial charge is 0.447 e. The third kappa shape index (κ3) is 3.30. The summed E-state index contributed by atoms with van der Waals surface area (Å²) in [5, 5.41) is 16.4. The van der Waals surface area contributed by atoms with E-state index in [2.05, 4.69) is 11.9 Å². The average Bonchev–Trinajstić information content (AvgIpc) is 2.25. The minimum atomic E-state index is -0.364. The van der Waals surface area contributed by atoms with Crippen molar-refractivity contribution in [3.8, 4) is 5.88 Å². The fourth-order valence-electron chi connectivity index (χ4n) is 1.06.